The normalized spacial score (nSPS) is 12.1. The first-order chi connectivity index (χ1) is 17.7. The monoisotopic (exact) mass is 542 g/mol. The molecule has 10 heteroatoms. The van der Waals surface area contributed by atoms with E-state index in [0.29, 0.717) is 24.5 Å². The third-order valence-corrected chi connectivity index (χ3v) is 7.63. The minimum atomic E-state index is -3.54. The van der Waals surface area contributed by atoms with Gasteiger partial charge in [0.2, 0.25) is 21.8 Å². The van der Waals surface area contributed by atoms with Gasteiger partial charge in [-0.1, -0.05) is 48.9 Å². The number of carbonyl (C=O) groups excluding carboxylic acids is 2. The molecule has 0 fully saturated rings. The summed E-state index contributed by atoms with van der Waals surface area (Å²) in [5, 5.41) is 3.46. The molecule has 0 radical (unpaired) electrons. The first-order valence-electron chi connectivity index (χ1n) is 12.0. The van der Waals surface area contributed by atoms with E-state index in [1.54, 1.807) is 61.5 Å². The third-order valence-electron chi connectivity index (χ3n) is 5.82. The second-order valence-electron chi connectivity index (χ2n) is 8.55. The van der Waals surface area contributed by atoms with Gasteiger partial charge >= 0.3 is 0 Å². The Labute approximate surface area is 223 Å². The summed E-state index contributed by atoms with van der Waals surface area (Å²) in [5.41, 5.74) is 2.53. The molecular weight excluding hydrogens is 512 g/mol. The number of carbonyl (C=O) groups is 2. The van der Waals surface area contributed by atoms with Crippen LogP contribution in [0.1, 0.15) is 37.0 Å². The molecule has 0 saturated heterocycles. The minimum absolute atomic E-state index is 0.160. The van der Waals surface area contributed by atoms with Crippen LogP contribution in [0, 0.1) is 0 Å². The second-order valence-corrected chi connectivity index (χ2v) is 10.8. The van der Waals surface area contributed by atoms with Crippen LogP contribution < -0.4 is 10.0 Å². The maximum Gasteiger partial charge on any atom is 0.242 e. The molecule has 0 aliphatic carbocycles. The van der Waals surface area contributed by atoms with Crippen LogP contribution in [0.15, 0.2) is 78.0 Å². The van der Waals surface area contributed by atoms with Crippen molar-refractivity contribution in [3.8, 4) is 0 Å². The summed E-state index contributed by atoms with van der Waals surface area (Å²) < 4.78 is 26.8. The van der Waals surface area contributed by atoms with Gasteiger partial charge in [0, 0.05) is 43.5 Å². The smallest absolute Gasteiger partial charge is 0.242 e. The second kappa shape index (κ2) is 13.3. The number of benzene rings is 2. The number of aromatic nitrogens is 1. The van der Waals surface area contributed by atoms with Gasteiger partial charge in [-0.2, -0.15) is 0 Å². The highest BCUT2D eigenvalue weighted by atomic mass is 35.5. The van der Waals surface area contributed by atoms with Crippen molar-refractivity contribution in [1.29, 1.82) is 0 Å². The molecular formula is C27H31ClN4O4S. The fourth-order valence-electron chi connectivity index (χ4n) is 3.71. The van der Waals surface area contributed by atoms with Gasteiger partial charge in [-0.05, 0) is 60.4 Å². The highest BCUT2D eigenvalue weighted by Gasteiger charge is 2.26. The zero-order valence-corrected chi connectivity index (χ0v) is 22.4. The molecule has 1 atom stereocenters. The van der Waals surface area contributed by atoms with E-state index in [-0.39, 0.29) is 29.7 Å². The lowest BCUT2D eigenvalue weighted by atomic mass is 10.1. The lowest BCUT2D eigenvalue weighted by molar-refractivity contribution is -0.140. The number of nitrogens with one attached hydrogen (secondary N) is 2. The summed E-state index contributed by atoms with van der Waals surface area (Å²) in [6.45, 7) is 4.27. The number of pyridine rings is 1. The summed E-state index contributed by atoms with van der Waals surface area (Å²) in [7, 11) is -3.54. The quantitative estimate of drug-likeness (QED) is 0.363. The number of amides is 2. The van der Waals surface area contributed by atoms with E-state index in [2.05, 4.69) is 15.0 Å². The van der Waals surface area contributed by atoms with E-state index in [1.807, 2.05) is 18.2 Å². The largest absolute Gasteiger partial charge is 0.350 e. The van der Waals surface area contributed by atoms with Crippen LogP contribution in [0.4, 0.5) is 0 Å². The molecule has 3 rings (SSSR count). The summed E-state index contributed by atoms with van der Waals surface area (Å²) in [5.74, 6) is -0.465. The number of hydrogen-bond acceptors (Lipinski definition) is 5. The van der Waals surface area contributed by atoms with Gasteiger partial charge in [-0.3, -0.25) is 14.6 Å². The number of halogens is 1. The van der Waals surface area contributed by atoms with E-state index >= 15 is 0 Å². The Morgan fingerprint density at radius 1 is 1.00 bits per heavy atom. The average molecular weight is 543 g/mol. The molecule has 0 spiro atoms. The fraction of sp³-hybridized carbons (Fsp3) is 0.296. The molecule has 3 aromatic rings. The maximum absolute atomic E-state index is 13.3. The number of rotatable bonds is 12. The highest BCUT2D eigenvalue weighted by molar-refractivity contribution is 7.89. The van der Waals surface area contributed by atoms with Crippen LogP contribution >= 0.6 is 11.6 Å². The molecule has 1 heterocycles. The van der Waals surface area contributed by atoms with Crippen molar-refractivity contribution in [2.45, 2.75) is 50.7 Å². The van der Waals surface area contributed by atoms with Crippen molar-refractivity contribution < 1.29 is 18.0 Å². The predicted molar refractivity (Wildman–Crippen MR) is 143 cm³/mol. The Balaban J connectivity index is 1.69. The van der Waals surface area contributed by atoms with E-state index in [9.17, 15) is 18.0 Å². The minimum Gasteiger partial charge on any atom is -0.350 e. The van der Waals surface area contributed by atoms with Crippen molar-refractivity contribution in [3.05, 3.63) is 94.8 Å². The van der Waals surface area contributed by atoms with Crippen molar-refractivity contribution in [3.63, 3.8) is 0 Å². The lowest BCUT2D eigenvalue weighted by Crippen LogP contribution is -2.47. The zero-order valence-electron chi connectivity index (χ0n) is 20.9. The molecule has 37 heavy (non-hydrogen) atoms. The van der Waals surface area contributed by atoms with Crippen LogP contribution in [0.3, 0.4) is 0 Å². The van der Waals surface area contributed by atoms with E-state index in [4.69, 9.17) is 11.6 Å². The molecule has 0 unspecified atom stereocenters. The molecule has 2 aromatic carbocycles. The SMILES string of the molecule is CCNS(=O)(=O)c1ccc(CCC(=O)N(Cc2ccc(Cl)cc2)[C@H](C)C(=O)NCc2cccnc2)cc1. The van der Waals surface area contributed by atoms with Gasteiger partial charge in [-0.25, -0.2) is 13.1 Å². The van der Waals surface area contributed by atoms with Crippen LogP contribution in [-0.4, -0.2) is 42.7 Å². The first kappa shape index (κ1) is 28.3. The van der Waals surface area contributed by atoms with Crippen LogP contribution in [0.5, 0.6) is 0 Å². The number of sulfonamides is 1. The topological polar surface area (TPSA) is 108 Å². The highest BCUT2D eigenvalue weighted by Crippen LogP contribution is 2.17. The molecule has 8 nitrogen and oxygen atoms in total. The van der Waals surface area contributed by atoms with Crippen molar-refractivity contribution in [2.75, 3.05) is 6.54 Å². The summed E-state index contributed by atoms with van der Waals surface area (Å²) in [6.07, 6.45) is 3.90. The van der Waals surface area contributed by atoms with Crippen molar-refractivity contribution >= 4 is 33.4 Å². The molecule has 0 aliphatic heterocycles. The molecule has 2 N–H and O–H groups in total. The predicted octanol–water partition coefficient (Wildman–Crippen LogP) is 3.70. The molecule has 196 valence electrons. The van der Waals surface area contributed by atoms with Crippen molar-refractivity contribution in [1.82, 2.24) is 19.9 Å². The van der Waals surface area contributed by atoms with Crippen molar-refractivity contribution in [2.24, 2.45) is 0 Å². The van der Waals surface area contributed by atoms with E-state index in [0.717, 1.165) is 16.7 Å². The third kappa shape index (κ3) is 8.38. The Morgan fingerprint density at radius 3 is 2.30 bits per heavy atom. The number of nitrogens with zero attached hydrogens (tertiary/aromatic N) is 2. The Morgan fingerprint density at radius 2 is 1.68 bits per heavy atom. The van der Waals surface area contributed by atoms with E-state index < -0.39 is 16.1 Å². The van der Waals surface area contributed by atoms with E-state index in [1.165, 1.54) is 12.1 Å². The van der Waals surface area contributed by atoms with Crippen LogP contribution in [0.2, 0.25) is 5.02 Å². The van der Waals surface area contributed by atoms with Gasteiger partial charge < -0.3 is 10.2 Å². The molecule has 2 amide bonds. The van der Waals surface area contributed by atoms with Crippen LogP contribution in [-0.2, 0) is 39.1 Å². The zero-order chi connectivity index (χ0) is 26.8. The van der Waals surface area contributed by atoms with Gasteiger partial charge in [-0.15, -0.1) is 0 Å². The number of aryl methyl sites for hydroxylation is 1. The fourth-order valence-corrected chi connectivity index (χ4v) is 4.88. The summed E-state index contributed by atoms with van der Waals surface area (Å²) in [4.78, 5) is 32.1. The average Bonchev–Trinajstić information content (AvgIpc) is 2.90. The summed E-state index contributed by atoms with van der Waals surface area (Å²) in [6, 6.07) is 16.5. The van der Waals surface area contributed by atoms with Gasteiger partial charge in [0.15, 0.2) is 0 Å². The Hall–Kier alpha value is -3.27. The maximum atomic E-state index is 13.3. The molecule has 0 saturated carbocycles. The lowest BCUT2D eigenvalue weighted by Gasteiger charge is -2.29. The molecule has 0 aliphatic rings. The Bertz CT molecular complexity index is 1280. The first-order valence-corrected chi connectivity index (χ1v) is 13.8. The number of hydrogen-bond donors (Lipinski definition) is 2. The molecule has 0 bridgehead atoms. The Kier molecular flexibility index (Phi) is 10.2. The van der Waals surface area contributed by atoms with Gasteiger partial charge in [0.25, 0.3) is 0 Å². The standard InChI is InChI=1S/C27H31ClN4O4S/c1-3-31-37(35,36)25-13-8-21(9-14-25)10-15-26(33)32(19-22-6-11-24(28)12-7-22)20(2)27(34)30-18-23-5-4-16-29-17-23/h4-9,11-14,16-17,20,31H,3,10,15,18-19H2,1-2H3,(H,30,34)/t20-/m1/s1. The van der Waals surface area contributed by atoms with Gasteiger partial charge in [0.1, 0.15) is 6.04 Å². The van der Waals surface area contributed by atoms with Crippen LogP contribution in [0.25, 0.3) is 0 Å². The van der Waals surface area contributed by atoms with Gasteiger partial charge in [0.05, 0.1) is 4.90 Å². The molecule has 1 aromatic heterocycles. The summed E-state index contributed by atoms with van der Waals surface area (Å²) >= 11 is 6.01.